The van der Waals surface area contributed by atoms with Gasteiger partial charge in [-0.25, -0.2) is 4.79 Å². The predicted octanol–water partition coefficient (Wildman–Crippen LogP) is -0.203. The molecule has 2 saturated heterocycles. The molecule has 94 valence electrons. The zero-order chi connectivity index (χ0) is 12.4. The molecule has 0 saturated carbocycles. The van der Waals surface area contributed by atoms with Gasteiger partial charge in [-0.15, -0.1) is 0 Å². The van der Waals surface area contributed by atoms with Gasteiger partial charge < -0.3 is 4.90 Å². The number of amides is 4. The van der Waals surface area contributed by atoms with Crippen molar-refractivity contribution >= 4 is 17.8 Å². The summed E-state index contributed by atoms with van der Waals surface area (Å²) in [4.78, 5) is 37.5. The molecule has 0 aromatic heterocycles. The highest BCUT2D eigenvalue weighted by Gasteiger charge is 2.32. The summed E-state index contributed by atoms with van der Waals surface area (Å²) in [6, 6.07) is -0.565. The molecule has 2 fully saturated rings. The Balaban J connectivity index is 1.91. The number of likely N-dealkylation sites (tertiary alicyclic amines) is 1. The molecule has 0 atom stereocenters. The van der Waals surface area contributed by atoms with Crippen LogP contribution in [-0.2, 0) is 9.59 Å². The van der Waals surface area contributed by atoms with Gasteiger partial charge in [0, 0.05) is 6.54 Å². The molecule has 0 aromatic rings. The molecule has 0 aliphatic carbocycles. The van der Waals surface area contributed by atoms with Gasteiger partial charge in [0.1, 0.15) is 6.42 Å². The second-order valence-corrected chi connectivity index (χ2v) is 4.78. The second-order valence-electron chi connectivity index (χ2n) is 4.78. The standard InChI is InChI=1S/C11H17N3O3/c1-13-4-2-8(3-5-13)7-14-10(16)6-9(15)12-11(14)17/h8H,2-7H2,1H3,(H,12,15,17). The number of nitrogens with one attached hydrogen (secondary N) is 1. The molecule has 2 rings (SSSR count). The Morgan fingerprint density at radius 1 is 1.24 bits per heavy atom. The third-order valence-electron chi connectivity index (χ3n) is 3.38. The summed E-state index contributed by atoms with van der Waals surface area (Å²) in [6.07, 6.45) is 1.77. The molecule has 0 radical (unpaired) electrons. The molecule has 0 unspecified atom stereocenters. The van der Waals surface area contributed by atoms with Crippen molar-refractivity contribution in [1.82, 2.24) is 15.1 Å². The Bertz CT molecular complexity index is 328. The molecular formula is C11H17N3O3. The number of rotatable bonds is 2. The molecule has 2 aliphatic heterocycles. The van der Waals surface area contributed by atoms with Crippen molar-refractivity contribution in [3.05, 3.63) is 0 Å². The van der Waals surface area contributed by atoms with Crippen molar-refractivity contribution < 1.29 is 14.4 Å². The van der Waals surface area contributed by atoms with E-state index in [4.69, 9.17) is 0 Å². The van der Waals surface area contributed by atoms with Gasteiger partial charge >= 0.3 is 6.03 Å². The van der Waals surface area contributed by atoms with Crippen molar-refractivity contribution in [3.63, 3.8) is 0 Å². The maximum atomic E-state index is 11.6. The summed E-state index contributed by atoms with van der Waals surface area (Å²) < 4.78 is 0. The molecule has 1 N–H and O–H groups in total. The lowest BCUT2D eigenvalue weighted by molar-refractivity contribution is -0.136. The predicted molar refractivity (Wildman–Crippen MR) is 60.1 cm³/mol. The summed E-state index contributed by atoms with van der Waals surface area (Å²) in [6.45, 7) is 2.42. The first-order valence-corrected chi connectivity index (χ1v) is 5.89. The summed E-state index contributed by atoms with van der Waals surface area (Å²) in [5.41, 5.74) is 0. The molecule has 2 heterocycles. The van der Waals surface area contributed by atoms with E-state index >= 15 is 0 Å². The van der Waals surface area contributed by atoms with Crippen LogP contribution in [0.15, 0.2) is 0 Å². The first-order valence-electron chi connectivity index (χ1n) is 5.89. The van der Waals surface area contributed by atoms with Crippen LogP contribution in [0.5, 0.6) is 0 Å². The van der Waals surface area contributed by atoms with Gasteiger partial charge in [0.15, 0.2) is 0 Å². The highest BCUT2D eigenvalue weighted by Crippen LogP contribution is 2.18. The van der Waals surface area contributed by atoms with E-state index in [1.807, 2.05) is 0 Å². The molecule has 0 aromatic carbocycles. The van der Waals surface area contributed by atoms with E-state index in [1.54, 1.807) is 0 Å². The highest BCUT2D eigenvalue weighted by molar-refractivity contribution is 6.14. The number of carbonyl (C=O) groups excluding carboxylic acids is 3. The number of hydrogen-bond acceptors (Lipinski definition) is 4. The fraction of sp³-hybridized carbons (Fsp3) is 0.727. The molecule has 2 aliphatic rings. The van der Waals surface area contributed by atoms with E-state index < -0.39 is 11.9 Å². The molecule has 0 spiro atoms. The van der Waals surface area contributed by atoms with Crippen molar-refractivity contribution in [3.8, 4) is 0 Å². The minimum atomic E-state index is -0.565. The van der Waals surface area contributed by atoms with E-state index in [0.717, 1.165) is 25.9 Å². The van der Waals surface area contributed by atoms with Crippen LogP contribution in [0.4, 0.5) is 4.79 Å². The number of carbonyl (C=O) groups is 3. The molecule has 4 amide bonds. The van der Waals surface area contributed by atoms with Gasteiger partial charge in [0.25, 0.3) is 0 Å². The third kappa shape index (κ3) is 2.82. The minimum absolute atomic E-state index is 0.210. The van der Waals surface area contributed by atoms with Gasteiger partial charge in [-0.1, -0.05) is 0 Å². The summed E-state index contributed by atoms with van der Waals surface area (Å²) in [5.74, 6) is -0.522. The van der Waals surface area contributed by atoms with Crippen molar-refractivity contribution in [2.45, 2.75) is 19.3 Å². The summed E-state index contributed by atoms with van der Waals surface area (Å²) >= 11 is 0. The largest absolute Gasteiger partial charge is 0.330 e. The molecule has 6 nitrogen and oxygen atoms in total. The lowest BCUT2D eigenvalue weighted by Crippen LogP contribution is -2.54. The quantitative estimate of drug-likeness (QED) is 0.677. The Labute approximate surface area is 99.9 Å². The smallest absolute Gasteiger partial charge is 0.306 e. The van der Waals surface area contributed by atoms with Crippen LogP contribution in [0.1, 0.15) is 19.3 Å². The maximum Gasteiger partial charge on any atom is 0.330 e. The van der Waals surface area contributed by atoms with Gasteiger partial charge in [0.05, 0.1) is 0 Å². The van der Waals surface area contributed by atoms with Gasteiger partial charge in [-0.3, -0.25) is 19.8 Å². The first kappa shape index (κ1) is 12.0. The molecule has 0 bridgehead atoms. The maximum absolute atomic E-state index is 11.6. The van der Waals surface area contributed by atoms with Gasteiger partial charge in [-0.05, 0) is 38.9 Å². The normalized spacial score (nSPS) is 24.1. The fourth-order valence-corrected chi connectivity index (χ4v) is 2.26. The van der Waals surface area contributed by atoms with Crippen LogP contribution in [0.25, 0.3) is 0 Å². The Morgan fingerprint density at radius 3 is 2.47 bits per heavy atom. The monoisotopic (exact) mass is 239 g/mol. The van der Waals surface area contributed by atoms with Crippen LogP contribution < -0.4 is 5.32 Å². The van der Waals surface area contributed by atoms with E-state index in [1.165, 1.54) is 4.90 Å². The van der Waals surface area contributed by atoms with Crippen molar-refractivity contribution in [1.29, 1.82) is 0 Å². The molecule has 6 heteroatoms. The van der Waals surface area contributed by atoms with Crippen LogP contribution in [0, 0.1) is 5.92 Å². The molecular weight excluding hydrogens is 222 g/mol. The summed E-state index contributed by atoms with van der Waals surface area (Å²) in [7, 11) is 2.06. The number of piperidine rings is 1. The topological polar surface area (TPSA) is 69.7 Å². The van der Waals surface area contributed by atoms with Crippen LogP contribution in [0.2, 0.25) is 0 Å². The average Bonchev–Trinajstić information content (AvgIpc) is 2.26. The SMILES string of the molecule is CN1CCC(CN2C(=O)CC(=O)NC2=O)CC1. The number of nitrogens with zero attached hydrogens (tertiary/aromatic N) is 2. The first-order chi connectivity index (χ1) is 8.06. The molecule has 17 heavy (non-hydrogen) atoms. The number of barbiturate groups is 1. The third-order valence-corrected chi connectivity index (χ3v) is 3.38. The van der Waals surface area contributed by atoms with Crippen molar-refractivity contribution in [2.24, 2.45) is 5.92 Å². The highest BCUT2D eigenvalue weighted by atomic mass is 16.2. The van der Waals surface area contributed by atoms with Crippen molar-refractivity contribution in [2.75, 3.05) is 26.7 Å². The van der Waals surface area contributed by atoms with E-state index in [0.29, 0.717) is 12.5 Å². The second kappa shape index (κ2) is 4.83. The fourth-order valence-electron chi connectivity index (χ4n) is 2.26. The van der Waals surface area contributed by atoms with Crippen LogP contribution in [-0.4, -0.2) is 54.3 Å². The lowest BCUT2D eigenvalue weighted by Gasteiger charge is -2.33. The number of imide groups is 2. The minimum Gasteiger partial charge on any atom is -0.306 e. The van der Waals surface area contributed by atoms with E-state index in [9.17, 15) is 14.4 Å². The number of hydrogen-bond donors (Lipinski definition) is 1. The van der Waals surface area contributed by atoms with E-state index in [2.05, 4.69) is 17.3 Å². The zero-order valence-electron chi connectivity index (χ0n) is 9.94. The Hall–Kier alpha value is -1.43. The summed E-state index contributed by atoms with van der Waals surface area (Å²) in [5, 5.41) is 2.17. The van der Waals surface area contributed by atoms with E-state index in [-0.39, 0.29) is 12.3 Å². The lowest BCUT2D eigenvalue weighted by atomic mass is 9.96. The van der Waals surface area contributed by atoms with Crippen LogP contribution >= 0.6 is 0 Å². The van der Waals surface area contributed by atoms with Gasteiger partial charge in [0.2, 0.25) is 11.8 Å². The van der Waals surface area contributed by atoms with Gasteiger partial charge in [-0.2, -0.15) is 0 Å². The number of urea groups is 1. The average molecular weight is 239 g/mol. The Kier molecular flexibility index (Phi) is 3.42. The zero-order valence-corrected chi connectivity index (χ0v) is 9.94. The van der Waals surface area contributed by atoms with Crippen LogP contribution in [0.3, 0.4) is 0 Å². The Morgan fingerprint density at radius 2 is 1.88 bits per heavy atom.